The predicted molar refractivity (Wildman–Crippen MR) is 55.8 cm³/mol. The normalized spacial score (nSPS) is 10.7. The highest BCUT2D eigenvalue weighted by molar-refractivity contribution is 5.58. The van der Waals surface area contributed by atoms with Crippen LogP contribution in [0.2, 0.25) is 0 Å². The second-order valence-electron chi connectivity index (χ2n) is 2.88. The molecule has 0 saturated carbocycles. The minimum Gasteiger partial charge on any atom is -0.496 e. The van der Waals surface area contributed by atoms with Gasteiger partial charge in [-0.05, 0) is 19.1 Å². The largest absolute Gasteiger partial charge is 0.496 e. The summed E-state index contributed by atoms with van der Waals surface area (Å²) in [6, 6.07) is 6.06. The molecule has 0 saturated heterocycles. The first-order chi connectivity index (χ1) is 6.27. The maximum absolute atomic E-state index is 5.38. The minimum absolute atomic E-state index is 0.553. The molecule has 1 aromatic carbocycles. The van der Waals surface area contributed by atoms with Gasteiger partial charge in [-0.3, -0.25) is 0 Å². The number of nitrogens with two attached hydrogens (primary N) is 1. The summed E-state index contributed by atoms with van der Waals surface area (Å²) in [6.07, 6.45) is 3.89. The van der Waals surface area contributed by atoms with Crippen molar-refractivity contribution in [3.05, 3.63) is 35.4 Å². The Balaban J connectivity index is 3.01. The molecule has 0 spiro atoms. The van der Waals surface area contributed by atoms with Crippen LogP contribution in [0.25, 0.3) is 6.08 Å². The van der Waals surface area contributed by atoms with E-state index in [1.807, 2.05) is 24.3 Å². The standard InChI is InChI=1S/C11H15NO/c1-9-5-6-11(13-2)10(8-9)4-3-7-12/h3-6,8H,7,12H2,1-2H3/b4-3+. The van der Waals surface area contributed by atoms with E-state index in [1.165, 1.54) is 5.56 Å². The van der Waals surface area contributed by atoms with Gasteiger partial charge in [-0.25, -0.2) is 0 Å². The lowest BCUT2D eigenvalue weighted by Gasteiger charge is -2.05. The number of aryl methyl sites for hydroxylation is 1. The fourth-order valence-corrected chi connectivity index (χ4v) is 1.18. The summed E-state index contributed by atoms with van der Waals surface area (Å²) in [7, 11) is 1.67. The third kappa shape index (κ3) is 2.60. The van der Waals surface area contributed by atoms with E-state index in [0.717, 1.165) is 11.3 Å². The second-order valence-corrected chi connectivity index (χ2v) is 2.88. The molecule has 70 valence electrons. The molecule has 0 aliphatic carbocycles. The molecule has 0 aliphatic heterocycles. The van der Waals surface area contributed by atoms with Gasteiger partial charge in [-0.2, -0.15) is 0 Å². The van der Waals surface area contributed by atoms with Gasteiger partial charge in [0.25, 0.3) is 0 Å². The Bertz CT molecular complexity index is 305. The zero-order valence-electron chi connectivity index (χ0n) is 8.08. The van der Waals surface area contributed by atoms with E-state index in [4.69, 9.17) is 10.5 Å². The monoisotopic (exact) mass is 177 g/mol. The van der Waals surface area contributed by atoms with Crippen molar-refractivity contribution >= 4 is 6.08 Å². The number of methoxy groups -OCH3 is 1. The van der Waals surface area contributed by atoms with Crippen molar-refractivity contribution in [3.8, 4) is 5.75 Å². The molecule has 2 nitrogen and oxygen atoms in total. The predicted octanol–water partition coefficient (Wildman–Crippen LogP) is 1.98. The molecular formula is C11H15NO. The summed E-state index contributed by atoms with van der Waals surface area (Å²) >= 11 is 0. The van der Waals surface area contributed by atoms with E-state index in [2.05, 4.69) is 13.0 Å². The number of benzene rings is 1. The third-order valence-corrected chi connectivity index (χ3v) is 1.82. The molecule has 0 unspecified atom stereocenters. The number of ether oxygens (including phenoxy) is 1. The molecule has 0 radical (unpaired) electrons. The smallest absolute Gasteiger partial charge is 0.126 e. The summed E-state index contributed by atoms with van der Waals surface area (Å²) in [4.78, 5) is 0. The minimum atomic E-state index is 0.553. The Kier molecular flexibility index (Phi) is 3.53. The van der Waals surface area contributed by atoms with Gasteiger partial charge in [-0.15, -0.1) is 0 Å². The van der Waals surface area contributed by atoms with Crippen LogP contribution in [-0.2, 0) is 0 Å². The molecule has 13 heavy (non-hydrogen) atoms. The van der Waals surface area contributed by atoms with Crippen molar-refractivity contribution in [3.63, 3.8) is 0 Å². The van der Waals surface area contributed by atoms with Crippen molar-refractivity contribution in [2.24, 2.45) is 5.73 Å². The average Bonchev–Trinajstić information content (AvgIpc) is 2.15. The van der Waals surface area contributed by atoms with Gasteiger partial charge in [0.2, 0.25) is 0 Å². The summed E-state index contributed by atoms with van der Waals surface area (Å²) in [5, 5.41) is 0. The Morgan fingerprint density at radius 1 is 1.46 bits per heavy atom. The third-order valence-electron chi connectivity index (χ3n) is 1.82. The van der Waals surface area contributed by atoms with Crippen molar-refractivity contribution in [1.29, 1.82) is 0 Å². The van der Waals surface area contributed by atoms with E-state index < -0.39 is 0 Å². The summed E-state index contributed by atoms with van der Waals surface area (Å²) in [5.41, 5.74) is 7.68. The molecule has 0 fully saturated rings. The molecule has 0 atom stereocenters. The Labute approximate surface area is 79.0 Å². The lowest BCUT2D eigenvalue weighted by molar-refractivity contribution is 0.413. The van der Waals surface area contributed by atoms with Gasteiger partial charge in [0, 0.05) is 12.1 Å². The molecule has 0 amide bonds. The Hall–Kier alpha value is -1.28. The van der Waals surface area contributed by atoms with Crippen LogP contribution in [0, 0.1) is 6.92 Å². The fraction of sp³-hybridized carbons (Fsp3) is 0.273. The Morgan fingerprint density at radius 3 is 2.85 bits per heavy atom. The van der Waals surface area contributed by atoms with Crippen LogP contribution in [0.4, 0.5) is 0 Å². The summed E-state index contributed by atoms with van der Waals surface area (Å²) in [5.74, 6) is 0.885. The van der Waals surface area contributed by atoms with Crippen LogP contribution in [0.1, 0.15) is 11.1 Å². The fourth-order valence-electron chi connectivity index (χ4n) is 1.18. The summed E-state index contributed by atoms with van der Waals surface area (Å²) < 4.78 is 5.21. The lowest BCUT2D eigenvalue weighted by atomic mass is 10.1. The molecule has 2 N–H and O–H groups in total. The van der Waals surface area contributed by atoms with Gasteiger partial charge < -0.3 is 10.5 Å². The molecule has 1 rings (SSSR count). The zero-order valence-corrected chi connectivity index (χ0v) is 8.08. The van der Waals surface area contributed by atoms with Gasteiger partial charge in [0.05, 0.1) is 7.11 Å². The van der Waals surface area contributed by atoms with E-state index in [0.29, 0.717) is 6.54 Å². The van der Waals surface area contributed by atoms with Crippen molar-refractivity contribution in [2.45, 2.75) is 6.92 Å². The highest BCUT2D eigenvalue weighted by Gasteiger charge is 1.97. The van der Waals surface area contributed by atoms with Crippen molar-refractivity contribution in [1.82, 2.24) is 0 Å². The first-order valence-corrected chi connectivity index (χ1v) is 4.29. The van der Waals surface area contributed by atoms with E-state index in [-0.39, 0.29) is 0 Å². The zero-order chi connectivity index (χ0) is 9.68. The first-order valence-electron chi connectivity index (χ1n) is 4.29. The topological polar surface area (TPSA) is 35.2 Å². The van der Waals surface area contributed by atoms with Crippen LogP contribution in [0.5, 0.6) is 5.75 Å². The molecule has 0 aliphatic rings. The maximum atomic E-state index is 5.38. The number of rotatable bonds is 3. The van der Waals surface area contributed by atoms with Gasteiger partial charge in [-0.1, -0.05) is 23.8 Å². The van der Waals surface area contributed by atoms with Crippen LogP contribution in [0.3, 0.4) is 0 Å². The first kappa shape index (κ1) is 9.81. The van der Waals surface area contributed by atoms with E-state index >= 15 is 0 Å². The molecule has 2 heteroatoms. The van der Waals surface area contributed by atoms with Crippen molar-refractivity contribution in [2.75, 3.05) is 13.7 Å². The second kappa shape index (κ2) is 4.67. The van der Waals surface area contributed by atoms with Gasteiger partial charge in [0.1, 0.15) is 5.75 Å². The van der Waals surface area contributed by atoms with Crippen LogP contribution >= 0.6 is 0 Å². The van der Waals surface area contributed by atoms with Crippen LogP contribution < -0.4 is 10.5 Å². The Morgan fingerprint density at radius 2 is 2.23 bits per heavy atom. The molecular weight excluding hydrogens is 162 g/mol. The van der Waals surface area contributed by atoms with Gasteiger partial charge >= 0.3 is 0 Å². The SMILES string of the molecule is COc1ccc(C)cc1/C=C/CN. The summed E-state index contributed by atoms with van der Waals surface area (Å²) in [6.45, 7) is 2.61. The lowest BCUT2D eigenvalue weighted by Crippen LogP contribution is -1.93. The highest BCUT2D eigenvalue weighted by atomic mass is 16.5. The van der Waals surface area contributed by atoms with Crippen LogP contribution in [0.15, 0.2) is 24.3 Å². The van der Waals surface area contributed by atoms with E-state index in [1.54, 1.807) is 7.11 Å². The molecule has 0 aromatic heterocycles. The highest BCUT2D eigenvalue weighted by Crippen LogP contribution is 2.20. The number of hydrogen-bond donors (Lipinski definition) is 1. The average molecular weight is 177 g/mol. The van der Waals surface area contributed by atoms with Crippen molar-refractivity contribution < 1.29 is 4.74 Å². The molecule has 1 aromatic rings. The molecule has 0 bridgehead atoms. The van der Waals surface area contributed by atoms with Crippen LogP contribution in [-0.4, -0.2) is 13.7 Å². The van der Waals surface area contributed by atoms with Gasteiger partial charge in [0.15, 0.2) is 0 Å². The van der Waals surface area contributed by atoms with E-state index in [9.17, 15) is 0 Å². The number of hydrogen-bond acceptors (Lipinski definition) is 2. The quantitative estimate of drug-likeness (QED) is 0.766. The maximum Gasteiger partial charge on any atom is 0.126 e. The molecule has 0 heterocycles.